The minimum atomic E-state index is -0.403. The average molecular weight is 486 g/mol. The molecule has 0 radical (unpaired) electrons. The van der Waals surface area contributed by atoms with Crippen LogP contribution in [0.25, 0.3) is 10.9 Å². The first-order valence-electron chi connectivity index (χ1n) is 9.73. The largest absolute Gasteiger partial charge is 0.342 e. The third kappa shape index (κ3) is 5.29. The van der Waals surface area contributed by atoms with Crippen molar-refractivity contribution in [3.8, 4) is 0 Å². The quantitative estimate of drug-likeness (QED) is 0.149. The maximum absolute atomic E-state index is 12.4. The van der Waals surface area contributed by atoms with E-state index >= 15 is 0 Å². The Morgan fingerprint density at radius 2 is 1.94 bits per heavy atom. The number of non-ortho nitro benzene ring substituents is 1. The van der Waals surface area contributed by atoms with Crippen molar-refractivity contribution in [1.82, 2.24) is 14.8 Å². The summed E-state index contributed by atoms with van der Waals surface area (Å²) in [5.74, 6) is 1.02. The third-order valence-corrected chi connectivity index (χ3v) is 7.43. The fourth-order valence-electron chi connectivity index (χ4n) is 3.12. The van der Waals surface area contributed by atoms with Crippen molar-refractivity contribution in [3.63, 3.8) is 0 Å². The van der Waals surface area contributed by atoms with Crippen LogP contribution in [-0.4, -0.2) is 37.1 Å². The lowest BCUT2D eigenvalue weighted by atomic mass is 10.2. The second kappa shape index (κ2) is 10.2. The molecular weight excluding hydrogens is 466 g/mol. The number of carbonyl (C=O) groups is 1. The maximum Gasteiger partial charge on any atom is 0.269 e. The van der Waals surface area contributed by atoms with Crippen LogP contribution in [-0.2, 0) is 11.3 Å². The fraction of sp³-hybridized carbons (Fsp3) is 0.190. The lowest BCUT2D eigenvalue weighted by Crippen LogP contribution is -2.13. The molecule has 0 saturated heterocycles. The van der Waals surface area contributed by atoms with Crippen molar-refractivity contribution >= 4 is 62.5 Å². The summed E-state index contributed by atoms with van der Waals surface area (Å²) in [5.41, 5.74) is 2.07. The molecule has 0 aliphatic carbocycles. The summed E-state index contributed by atoms with van der Waals surface area (Å²) in [6, 6.07) is 14.5. The van der Waals surface area contributed by atoms with Crippen LogP contribution in [0.4, 0.5) is 10.8 Å². The molecule has 0 bridgehead atoms. The zero-order chi connectivity index (χ0) is 22.5. The zero-order valence-corrected chi connectivity index (χ0v) is 19.5. The van der Waals surface area contributed by atoms with Gasteiger partial charge in [-0.2, -0.15) is 0 Å². The van der Waals surface area contributed by atoms with E-state index in [4.69, 9.17) is 0 Å². The Hall–Kier alpha value is -2.89. The van der Waals surface area contributed by atoms with Crippen molar-refractivity contribution in [2.75, 3.05) is 16.8 Å². The predicted octanol–water partition coefficient (Wildman–Crippen LogP) is 5.29. The van der Waals surface area contributed by atoms with Gasteiger partial charge in [-0.05, 0) is 17.4 Å². The summed E-state index contributed by atoms with van der Waals surface area (Å²) in [6.45, 7) is 2.62. The van der Waals surface area contributed by atoms with Crippen molar-refractivity contribution < 1.29 is 9.72 Å². The van der Waals surface area contributed by atoms with Crippen LogP contribution in [0, 0.1) is 10.1 Å². The van der Waals surface area contributed by atoms with Gasteiger partial charge in [0.2, 0.25) is 11.0 Å². The molecule has 0 aliphatic rings. The molecule has 2 heterocycles. The van der Waals surface area contributed by atoms with E-state index in [0.29, 0.717) is 11.7 Å². The Morgan fingerprint density at radius 1 is 1.16 bits per heavy atom. The number of nitro groups is 1. The van der Waals surface area contributed by atoms with Crippen molar-refractivity contribution in [2.24, 2.45) is 0 Å². The van der Waals surface area contributed by atoms with Gasteiger partial charge >= 0.3 is 0 Å². The number of thioether (sulfide) groups is 2. The molecule has 0 saturated carbocycles. The fourth-order valence-corrected chi connectivity index (χ4v) is 5.67. The number of anilines is 1. The van der Waals surface area contributed by atoms with E-state index in [1.807, 2.05) is 37.4 Å². The third-order valence-electron chi connectivity index (χ3n) is 4.53. The smallest absolute Gasteiger partial charge is 0.269 e. The van der Waals surface area contributed by atoms with Gasteiger partial charge in [-0.1, -0.05) is 60.4 Å². The van der Waals surface area contributed by atoms with Crippen LogP contribution in [0.15, 0.2) is 64.0 Å². The Bertz CT molecular complexity index is 1250. The number of benzene rings is 2. The maximum atomic E-state index is 12.4. The number of amides is 1. The Labute approximate surface area is 196 Å². The van der Waals surface area contributed by atoms with E-state index in [2.05, 4.69) is 20.1 Å². The number of para-hydroxylation sites is 1. The molecule has 8 nitrogen and oxygen atoms in total. The molecule has 0 aliphatic heterocycles. The van der Waals surface area contributed by atoms with E-state index in [0.717, 1.165) is 31.5 Å². The first-order chi connectivity index (χ1) is 15.5. The van der Waals surface area contributed by atoms with Crippen molar-refractivity contribution in [1.29, 1.82) is 0 Å². The van der Waals surface area contributed by atoms with Crippen LogP contribution in [0.1, 0.15) is 12.5 Å². The second-order valence-electron chi connectivity index (χ2n) is 6.70. The van der Waals surface area contributed by atoms with E-state index in [1.54, 1.807) is 23.9 Å². The number of rotatable bonds is 9. The number of nitro benzene ring substituents is 1. The van der Waals surface area contributed by atoms with Crippen molar-refractivity contribution in [2.45, 2.75) is 22.7 Å². The molecule has 4 rings (SSSR count). The summed E-state index contributed by atoms with van der Waals surface area (Å²) in [4.78, 5) is 23.9. The van der Waals surface area contributed by atoms with E-state index < -0.39 is 4.92 Å². The first-order valence-corrected chi connectivity index (χ1v) is 12.5. The molecule has 0 unspecified atom stereocenters. The van der Waals surface area contributed by atoms with Gasteiger partial charge in [0.25, 0.3) is 5.69 Å². The standard InChI is InChI=1S/C21H19N5O3S3/c1-2-30-21-24-23-20(32-21)22-19(27)13-31-18-12-25(17-6-4-3-5-16(17)18)11-14-7-9-15(10-8-14)26(28)29/h3-10,12H,2,11,13H2,1H3,(H,22,23,27). The lowest BCUT2D eigenvalue weighted by Gasteiger charge is -2.05. The average Bonchev–Trinajstić information content (AvgIpc) is 3.37. The molecule has 32 heavy (non-hydrogen) atoms. The SMILES string of the molecule is CCSc1nnc(NC(=O)CSc2cn(Cc3ccc([N+](=O)[O-])cc3)c3ccccc23)s1. The molecule has 0 fully saturated rings. The number of carbonyl (C=O) groups excluding carboxylic acids is 1. The highest BCUT2D eigenvalue weighted by atomic mass is 32.2. The van der Waals surface area contributed by atoms with Gasteiger partial charge < -0.3 is 4.57 Å². The van der Waals surface area contributed by atoms with Crippen LogP contribution >= 0.6 is 34.9 Å². The Morgan fingerprint density at radius 3 is 2.69 bits per heavy atom. The number of hydrogen-bond acceptors (Lipinski definition) is 8. The Kier molecular flexibility index (Phi) is 7.08. The van der Waals surface area contributed by atoms with Gasteiger partial charge in [0.05, 0.1) is 10.7 Å². The molecular formula is C21H19N5O3S3. The number of fused-ring (bicyclic) bond motifs is 1. The molecule has 0 spiro atoms. The monoisotopic (exact) mass is 485 g/mol. The van der Waals surface area contributed by atoms with E-state index in [1.165, 1.54) is 35.2 Å². The highest BCUT2D eigenvalue weighted by Gasteiger charge is 2.13. The van der Waals surface area contributed by atoms with Crippen molar-refractivity contribution in [3.05, 3.63) is 70.4 Å². The van der Waals surface area contributed by atoms with Gasteiger partial charge in [0.15, 0.2) is 4.34 Å². The summed E-state index contributed by atoms with van der Waals surface area (Å²) in [5, 5.41) is 23.3. The summed E-state index contributed by atoms with van der Waals surface area (Å²) in [6.07, 6.45) is 2.02. The van der Waals surface area contributed by atoms with Crippen LogP contribution in [0.5, 0.6) is 0 Å². The Balaban J connectivity index is 1.46. The topological polar surface area (TPSA) is 103 Å². The van der Waals surface area contributed by atoms with Crippen LogP contribution in [0.2, 0.25) is 0 Å². The molecule has 0 atom stereocenters. The molecule has 4 aromatic rings. The van der Waals surface area contributed by atoms with Crippen LogP contribution < -0.4 is 5.32 Å². The molecule has 1 N–H and O–H groups in total. The second-order valence-corrected chi connectivity index (χ2v) is 10.2. The normalized spacial score (nSPS) is 11.0. The highest BCUT2D eigenvalue weighted by Crippen LogP contribution is 2.31. The van der Waals surface area contributed by atoms with E-state index in [-0.39, 0.29) is 17.3 Å². The first kappa shape index (κ1) is 22.3. The van der Waals surface area contributed by atoms with Gasteiger partial charge in [-0.25, -0.2) is 0 Å². The molecule has 2 aromatic heterocycles. The zero-order valence-electron chi connectivity index (χ0n) is 17.1. The highest BCUT2D eigenvalue weighted by molar-refractivity contribution is 8.01. The van der Waals surface area contributed by atoms with E-state index in [9.17, 15) is 14.9 Å². The number of nitrogens with zero attached hydrogens (tertiary/aromatic N) is 4. The lowest BCUT2D eigenvalue weighted by molar-refractivity contribution is -0.384. The molecule has 2 aromatic carbocycles. The molecule has 11 heteroatoms. The van der Waals surface area contributed by atoms with Gasteiger partial charge in [0.1, 0.15) is 0 Å². The summed E-state index contributed by atoms with van der Waals surface area (Å²) < 4.78 is 2.93. The van der Waals surface area contributed by atoms with Gasteiger partial charge in [0, 0.05) is 40.7 Å². The number of aromatic nitrogens is 3. The van der Waals surface area contributed by atoms with Gasteiger partial charge in [-0.3, -0.25) is 20.2 Å². The predicted molar refractivity (Wildman–Crippen MR) is 130 cm³/mol. The number of hydrogen-bond donors (Lipinski definition) is 1. The summed E-state index contributed by atoms with van der Waals surface area (Å²) >= 11 is 4.43. The molecule has 1 amide bonds. The number of nitrogens with one attached hydrogen (secondary N) is 1. The summed E-state index contributed by atoms with van der Waals surface area (Å²) in [7, 11) is 0. The minimum Gasteiger partial charge on any atom is -0.342 e. The van der Waals surface area contributed by atoms with Gasteiger partial charge in [-0.15, -0.1) is 22.0 Å². The minimum absolute atomic E-state index is 0.0733. The van der Waals surface area contributed by atoms with Crippen LogP contribution in [0.3, 0.4) is 0 Å². The molecule has 164 valence electrons.